The molecule has 0 atom stereocenters. The third-order valence-electron chi connectivity index (χ3n) is 3.91. The summed E-state index contributed by atoms with van der Waals surface area (Å²) in [6.45, 7) is 4.03. The van der Waals surface area contributed by atoms with Crippen molar-refractivity contribution in [2.75, 3.05) is 39.8 Å². The average molecular weight is 342 g/mol. The molecule has 1 aromatic rings. The molecule has 1 aliphatic heterocycles. The van der Waals surface area contributed by atoms with E-state index in [9.17, 15) is 13.2 Å². The van der Waals surface area contributed by atoms with Crippen LogP contribution in [-0.4, -0.2) is 68.5 Å². The number of carboxylic acid groups (broad SMARTS) is 1. The van der Waals surface area contributed by atoms with Crippen LogP contribution in [0.3, 0.4) is 0 Å². The van der Waals surface area contributed by atoms with Gasteiger partial charge >= 0.3 is 5.97 Å². The molecule has 0 spiro atoms. The van der Waals surface area contributed by atoms with Gasteiger partial charge in [0.15, 0.2) is 0 Å². The molecule has 1 saturated heterocycles. The summed E-state index contributed by atoms with van der Waals surface area (Å²) in [6, 6.07) is 5.08. The van der Waals surface area contributed by atoms with Crippen LogP contribution in [0.15, 0.2) is 23.1 Å². The number of hydrogen-bond donors (Lipinski definition) is 1. The lowest BCUT2D eigenvalue weighted by atomic mass is 10.2. The van der Waals surface area contributed by atoms with Gasteiger partial charge in [-0.1, -0.05) is 6.07 Å². The average Bonchev–Trinajstić information content (AvgIpc) is 2.53. The van der Waals surface area contributed by atoms with E-state index in [1.165, 1.54) is 11.4 Å². The minimum absolute atomic E-state index is 0.0679. The first-order valence-corrected chi connectivity index (χ1v) is 8.87. The van der Waals surface area contributed by atoms with Crippen LogP contribution in [0, 0.1) is 6.92 Å². The lowest BCUT2D eigenvalue weighted by Crippen LogP contribution is -2.49. The molecule has 2 rings (SSSR count). The molecule has 0 aliphatic carbocycles. The van der Waals surface area contributed by atoms with E-state index in [2.05, 4.69) is 0 Å². The van der Waals surface area contributed by atoms with Gasteiger partial charge in [0.05, 0.1) is 13.5 Å². The van der Waals surface area contributed by atoms with Crippen LogP contribution in [0.25, 0.3) is 0 Å². The Morgan fingerprint density at radius 1 is 1.26 bits per heavy atom. The van der Waals surface area contributed by atoms with Crippen molar-refractivity contribution in [1.29, 1.82) is 0 Å². The van der Waals surface area contributed by atoms with Gasteiger partial charge in [0, 0.05) is 32.7 Å². The van der Waals surface area contributed by atoms with Crippen molar-refractivity contribution in [3.05, 3.63) is 23.8 Å². The highest BCUT2D eigenvalue weighted by Gasteiger charge is 2.30. The molecule has 128 valence electrons. The van der Waals surface area contributed by atoms with Crippen molar-refractivity contribution in [2.24, 2.45) is 0 Å². The van der Waals surface area contributed by atoms with Gasteiger partial charge in [-0.25, -0.2) is 8.42 Å². The fourth-order valence-corrected chi connectivity index (χ4v) is 4.23. The molecule has 8 heteroatoms. The Morgan fingerprint density at radius 3 is 2.48 bits per heavy atom. The minimum Gasteiger partial charge on any atom is -0.495 e. The molecule has 0 bridgehead atoms. The molecule has 0 radical (unpaired) electrons. The van der Waals surface area contributed by atoms with Gasteiger partial charge in [-0.3, -0.25) is 4.79 Å². The monoisotopic (exact) mass is 342 g/mol. The fourth-order valence-electron chi connectivity index (χ4n) is 2.57. The van der Waals surface area contributed by atoms with Crippen molar-refractivity contribution in [1.82, 2.24) is 9.21 Å². The number of sulfonamides is 1. The Hall–Kier alpha value is -1.64. The quantitative estimate of drug-likeness (QED) is 0.822. The first kappa shape index (κ1) is 17.7. The number of rotatable bonds is 6. The number of aryl methyl sites for hydroxylation is 1. The van der Waals surface area contributed by atoms with Gasteiger partial charge in [-0.2, -0.15) is 4.31 Å². The highest BCUT2D eigenvalue weighted by Crippen LogP contribution is 2.28. The lowest BCUT2D eigenvalue weighted by Gasteiger charge is -2.33. The number of carbonyl (C=O) groups is 1. The van der Waals surface area contributed by atoms with Crippen LogP contribution < -0.4 is 4.74 Å². The maximum Gasteiger partial charge on any atom is 0.304 e. The zero-order chi connectivity index (χ0) is 17.0. The Bertz CT molecular complexity index is 666. The molecule has 23 heavy (non-hydrogen) atoms. The zero-order valence-electron chi connectivity index (χ0n) is 13.4. The Kier molecular flexibility index (Phi) is 5.61. The van der Waals surface area contributed by atoms with E-state index < -0.39 is 16.0 Å². The third kappa shape index (κ3) is 4.21. The normalized spacial score (nSPS) is 17.1. The van der Waals surface area contributed by atoms with Gasteiger partial charge in [0.2, 0.25) is 10.0 Å². The molecule has 1 N–H and O–H groups in total. The molecule has 0 aromatic heterocycles. The van der Waals surface area contributed by atoms with Crippen LogP contribution in [0.5, 0.6) is 5.75 Å². The second-order valence-corrected chi connectivity index (χ2v) is 7.45. The SMILES string of the molecule is COc1ccc(C)cc1S(=O)(=O)N1CCN(CCC(=O)O)CC1. The van der Waals surface area contributed by atoms with E-state index in [0.29, 0.717) is 38.5 Å². The summed E-state index contributed by atoms with van der Waals surface area (Å²) in [4.78, 5) is 12.8. The summed E-state index contributed by atoms with van der Waals surface area (Å²) >= 11 is 0. The van der Waals surface area contributed by atoms with Crippen LogP contribution in [0.2, 0.25) is 0 Å². The van der Waals surface area contributed by atoms with E-state index in [0.717, 1.165) is 5.56 Å². The standard InChI is InChI=1S/C15H22N2O5S/c1-12-3-4-13(22-2)14(11-12)23(20,21)17-9-7-16(8-10-17)6-5-15(18)19/h3-4,11H,5-10H2,1-2H3,(H,18,19). The number of nitrogens with zero attached hydrogens (tertiary/aromatic N) is 2. The smallest absolute Gasteiger partial charge is 0.304 e. The Morgan fingerprint density at radius 2 is 1.91 bits per heavy atom. The van der Waals surface area contributed by atoms with Gasteiger partial charge in [-0.05, 0) is 24.6 Å². The first-order valence-electron chi connectivity index (χ1n) is 7.43. The maximum absolute atomic E-state index is 12.8. The van der Waals surface area contributed by atoms with Crippen LogP contribution in [-0.2, 0) is 14.8 Å². The molecular weight excluding hydrogens is 320 g/mol. The van der Waals surface area contributed by atoms with Gasteiger partial charge in [-0.15, -0.1) is 0 Å². The number of piperazine rings is 1. The lowest BCUT2D eigenvalue weighted by molar-refractivity contribution is -0.137. The second-order valence-electron chi connectivity index (χ2n) is 5.54. The number of methoxy groups -OCH3 is 1. The topological polar surface area (TPSA) is 87.2 Å². The van der Waals surface area contributed by atoms with Gasteiger partial charge < -0.3 is 14.7 Å². The van der Waals surface area contributed by atoms with Gasteiger partial charge in [0.1, 0.15) is 10.6 Å². The largest absolute Gasteiger partial charge is 0.495 e. The Labute approximate surface area is 136 Å². The van der Waals surface area contributed by atoms with Crippen molar-refractivity contribution < 1.29 is 23.1 Å². The Balaban J connectivity index is 2.10. The van der Waals surface area contributed by atoms with Crippen molar-refractivity contribution in [3.8, 4) is 5.75 Å². The number of ether oxygens (including phenoxy) is 1. The molecule has 1 aromatic carbocycles. The molecule has 1 heterocycles. The van der Waals surface area contributed by atoms with E-state index >= 15 is 0 Å². The molecule has 1 aliphatic rings. The van der Waals surface area contributed by atoms with Crippen LogP contribution >= 0.6 is 0 Å². The molecule has 0 unspecified atom stereocenters. The van der Waals surface area contributed by atoms with E-state index in [4.69, 9.17) is 9.84 Å². The molecule has 7 nitrogen and oxygen atoms in total. The van der Waals surface area contributed by atoms with Crippen molar-refractivity contribution in [2.45, 2.75) is 18.2 Å². The highest BCUT2D eigenvalue weighted by atomic mass is 32.2. The molecule has 1 fully saturated rings. The summed E-state index contributed by atoms with van der Waals surface area (Å²) in [5.74, 6) is -0.506. The fraction of sp³-hybridized carbons (Fsp3) is 0.533. The molecule has 0 amide bonds. The number of benzene rings is 1. The maximum atomic E-state index is 12.8. The van der Waals surface area contributed by atoms with Crippen LogP contribution in [0.1, 0.15) is 12.0 Å². The second kappa shape index (κ2) is 7.29. The summed E-state index contributed by atoms with van der Waals surface area (Å²) < 4.78 is 32.3. The van der Waals surface area contributed by atoms with E-state index in [1.807, 2.05) is 17.9 Å². The third-order valence-corrected chi connectivity index (χ3v) is 5.83. The minimum atomic E-state index is -3.62. The van der Waals surface area contributed by atoms with E-state index in [1.54, 1.807) is 12.1 Å². The summed E-state index contributed by atoms with van der Waals surface area (Å²) in [5, 5.41) is 8.71. The summed E-state index contributed by atoms with van der Waals surface area (Å²) in [5.41, 5.74) is 0.851. The highest BCUT2D eigenvalue weighted by molar-refractivity contribution is 7.89. The summed E-state index contributed by atoms with van der Waals surface area (Å²) in [7, 11) is -2.16. The number of hydrogen-bond acceptors (Lipinski definition) is 5. The molecular formula is C15H22N2O5S. The van der Waals surface area contributed by atoms with Crippen LogP contribution in [0.4, 0.5) is 0 Å². The van der Waals surface area contributed by atoms with Crippen molar-refractivity contribution in [3.63, 3.8) is 0 Å². The zero-order valence-corrected chi connectivity index (χ0v) is 14.2. The summed E-state index contributed by atoms with van der Waals surface area (Å²) in [6.07, 6.45) is 0.0679. The first-order chi connectivity index (χ1) is 10.8. The number of carboxylic acids is 1. The van der Waals surface area contributed by atoms with E-state index in [-0.39, 0.29) is 11.3 Å². The molecule has 0 saturated carbocycles. The number of aliphatic carboxylic acids is 1. The predicted molar refractivity (Wildman–Crippen MR) is 85.2 cm³/mol. The van der Waals surface area contributed by atoms with Gasteiger partial charge in [0.25, 0.3) is 0 Å². The predicted octanol–water partition coefficient (Wildman–Crippen LogP) is 0.785. The van der Waals surface area contributed by atoms with Crippen molar-refractivity contribution >= 4 is 16.0 Å².